The van der Waals surface area contributed by atoms with Gasteiger partial charge in [-0.15, -0.1) is 0 Å². The Morgan fingerprint density at radius 3 is 2.86 bits per heavy atom. The summed E-state index contributed by atoms with van der Waals surface area (Å²) in [6, 6.07) is 7.27. The number of aliphatic hydroxyl groups excluding tert-OH is 1. The quantitative estimate of drug-likeness (QED) is 0.783. The maximum absolute atomic E-state index is 11.2. The third-order valence-electron chi connectivity index (χ3n) is 1.98. The average molecular weight is 194 g/mol. The second kappa shape index (κ2) is 4.77. The molecule has 14 heavy (non-hydrogen) atoms. The van der Waals surface area contributed by atoms with Crippen LogP contribution in [0.2, 0.25) is 0 Å². The van der Waals surface area contributed by atoms with Gasteiger partial charge in [-0.2, -0.15) is 0 Å². The number of carbonyl (C=O) groups is 1. The summed E-state index contributed by atoms with van der Waals surface area (Å²) in [5.74, 6) is 0.541. The molecule has 1 rings (SSSR count). The lowest BCUT2D eigenvalue weighted by Gasteiger charge is -2.05. The van der Waals surface area contributed by atoms with Gasteiger partial charge in [0.1, 0.15) is 11.9 Å². The highest BCUT2D eigenvalue weighted by atomic mass is 16.5. The molecule has 3 nitrogen and oxygen atoms in total. The highest BCUT2D eigenvalue weighted by Gasteiger charge is 2.09. The van der Waals surface area contributed by atoms with Crippen LogP contribution in [-0.4, -0.2) is 24.1 Å². The molecule has 1 N–H and O–H groups in total. The maximum Gasteiger partial charge on any atom is 0.165 e. The van der Waals surface area contributed by atoms with Crippen LogP contribution in [0.15, 0.2) is 24.3 Å². The summed E-state index contributed by atoms with van der Waals surface area (Å²) in [5.41, 5.74) is 0.857. The van der Waals surface area contributed by atoms with Crippen molar-refractivity contribution >= 4 is 5.78 Å². The average Bonchev–Trinajstić information content (AvgIpc) is 2.18. The monoisotopic (exact) mass is 194 g/mol. The van der Waals surface area contributed by atoms with E-state index in [0.29, 0.717) is 0 Å². The largest absolute Gasteiger partial charge is 0.497 e. The first-order valence-corrected chi connectivity index (χ1v) is 4.47. The number of benzene rings is 1. The van der Waals surface area contributed by atoms with Gasteiger partial charge in [-0.25, -0.2) is 0 Å². The van der Waals surface area contributed by atoms with Gasteiger partial charge in [0.2, 0.25) is 0 Å². The van der Waals surface area contributed by atoms with Crippen molar-refractivity contribution in [3.8, 4) is 5.75 Å². The van der Waals surface area contributed by atoms with E-state index in [4.69, 9.17) is 9.84 Å². The van der Waals surface area contributed by atoms with E-state index in [1.54, 1.807) is 13.2 Å². The van der Waals surface area contributed by atoms with E-state index in [2.05, 4.69) is 0 Å². The number of hydrogen-bond acceptors (Lipinski definition) is 3. The van der Waals surface area contributed by atoms with Gasteiger partial charge in [-0.1, -0.05) is 12.1 Å². The molecular formula is C11H14O3. The van der Waals surface area contributed by atoms with Gasteiger partial charge in [0.05, 0.1) is 7.11 Å². The Bertz CT molecular complexity index is 318. The molecule has 0 fully saturated rings. The summed E-state index contributed by atoms with van der Waals surface area (Å²) in [6.45, 7) is 1.47. The number of ether oxygens (including phenoxy) is 1. The van der Waals surface area contributed by atoms with Gasteiger partial charge < -0.3 is 9.84 Å². The summed E-state index contributed by atoms with van der Waals surface area (Å²) in [4.78, 5) is 11.2. The van der Waals surface area contributed by atoms with Gasteiger partial charge in [-0.3, -0.25) is 4.79 Å². The van der Waals surface area contributed by atoms with Crippen molar-refractivity contribution in [3.05, 3.63) is 29.8 Å². The Labute approximate surface area is 83.3 Å². The van der Waals surface area contributed by atoms with Gasteiger partial charge in [0.15, 0.2) is 5.78 Å². The number of Topliss-reactive ketones (excluding diaryl/α,β-unsaturated/α-hetero) is 1. The van der Waals surface area contributed by atoms with Crippen LogP contribution in [0.5, 0.6) is 5.75 Å². The van der Waals surface area contributed by atoms with E-state index < -0.39 is 6.10 Å². The van der Waals surface area contributed by atoms with Gasteiger partial charge in [0.25, 0.3) is 0 Å². The molecule has 0 bridgehead atoms. The third-order valence-corrected chi connectivity index (χ3v) is 1.98. The highest BCUT2D eigenvalue weighted by molar-refractivity contribution is 5.84. The number of carbonyl (C=O) groups excluding carboxylic acids is 1. The lowest BCUT2D eigenvalue weighted by molar-refractivity contribution is -0.125. The fraction of sp³-hybridized carbons (Fsp3) is 0.364. The molecule has 0 heterocycles. The molecule has 1 atom stereocenters. The Balaban J connectivity index is 2.72. The van der Waals surface area contributed by atoms with Crippen LogP contribution in [0, 0.1) is 0 Å². The van der Waals surface area contributed by atoms with E-state index in [-0.39, 0.29) is 12.2 Å². The number of hydrogen-bond donors (Lipinski definition) is 1. The third kappa shape index (κ3) is 2.85. The highest BCUT2D eigenvalue weighted by Crippen LogP contribution is 2.13. The first-order chi connectivity index (χ1) is 6.63. The summed E-state index contributed by atoms with van der Waals surface area (Å²) in [5, 5.41) is 9.03. The van der Waals surface area contributed by atoms with Crippen molar-refractivity contribution in [2.24, 2.45) is 0 Å². The summed E-state index contributed by atoms with van der Waals surface area (Å²) >= 11 is 0. The standard InChI is InChI=1S/C11H14O3/c1-8(12)11(13)7-9-4-3-5-10(6-9)14-2/h3-6,8,12H,7H2,1-2H3. The van der Waals surface area contributed by atoms with Crippen LogP contribution >= 0.6 is 0 Å². The van der Waals surface area contributed by atoms with Gasteiger partial charge in [0, 0.05) is 6.42 Å². The molecule has 0 aliphatic rings. The topological polar surface area (TPSA) is 46.5 Å². The minimum absolute atomic E-state index is 0.182. The molecule has 76 valence electrons. The smallest absolute Gasteiger partial charge is 0.165 e. The molecular weight excluding hydrogens is 180 g/mol. The molecule has 0 amide bonds. The molecule has 1 unspecified atom stereocenters. The zero-order valence-corrected chi connectivity index (χ0v) is 8.36. The van der Waals surface area contributed by atoms with Gasteiger partial charge >= 0.3 is 0 Å². The fourth-order valence-electron chi connectivity index (χ4n) is 1.13. The van der Waals surface area contributed by atoms with E-state index >= 15 is 0 Å². The van der Waals surface area contributed by atoms with Crippen molar-refractivity contribution in [3.63, 3.8) is 0 Å². The molecule has 0 saturated heterocycles. The van der Waals surface area contributed by atoms with E-state index in [1.807, 2.05) is 18.2 Å². The molecule has 1 aromatic carbocycles. The summed E-state index contributed by atoms with van der Waals surface area (Å²) in [6.07, 6.45) is -0.657. The van der Waals surface area contributed by atoms with Crippen molar-refractivity contribution in [1.82, 2.24) is 0 Å². The van der Waals surface area contributed by atoms with Gasteiger partial charge in [-0.05, 0) is 24.6 Å². The first-order valence-electron chi connectivity index (χ1n) is 4.47. The van der Waals surface area contributed by atoms with Crippen LogP contribution in [0.1, 0.15) is 12.5 Å². The zero-order chi connectivity index (χ0) is 10.6. The second-order valence-corrected chi connectivity index (χ2v) is 3.17. The minimum Gasteiger partial charge on any atom is -0.497 e. The predicted octanol–water partition coefficient (Wildman–Crippen LogP) is 1.19. The molecule has 0 aromatic heterocycles. The Morgan fingerprint density at radius 2 is 2.29 bits per heavy atom. The van der Waals surface area contributed by atoms with Crippen LogP contribution in [-0.2, 0) is 11.2 Å². The van der Waals surface area contributed by atoms with Crippen LogP contribution in [0.25, 0.3) is 0 Å². The molecule has 0 aliphatic heterocycles. The normalized spacial score (nSPS) is 12.2. The summed E-state index contributed by atoms with van der Waals surface area (Å²) < 4.78 is 5.02. The molecule has 0 saturated carbocycles. The molecule has 1 aromatic rings. The van der Waals surface area contributed by atoms with Crippen LogP contribution < -0.4 is 4.74 Å². The van der Waals surface area contributed by atoms with Crippen molar-refractivity contribution in [2.45, 2.75) is 19.4 Å². The second-order valence-electron chi connectivity index (χ2n) is 3.17. The fourth-order valence-corrected chi connectivity index (χ4v) is 1.13. The first kappa shape index (κ1) is 10.7. The van der Waals surface area contributed by atoms with E-state index in [0.717, 1.165) is 11.3 Å². The number of aliphatic hydroxyl groups is 1. The minimum atomic E-state index is -0.902. The molecule has 0 aliphatic carbocycles. The Morgan fingerprint density at radius 1 is 1.57 bits per heavy atom. The molecule has 0 spiro atoms. The van der Waals surface area contributed by atoms with E-state index in [1.165, 1.54) is 6.92 Å². The van der Waals surface area contributed by atoms with Crippen molar-refractivity contribution in [1.29, 1.82) is 0 Å². The lowest BCUT2D eigenvalue weighted by atomic mass is 10.1. The predicted molar refractivity (Wildman–Crippen MR) is 53.4 cm³/mol. The van der Waals surface area contributed by atoms with Crippen molar-refractivity contribution in [2.75, 3.05) is 7.11 Å². The molecule has 0 radical (unpaired) electrons. The Hall–Kier alpha value is -1.35. The van der Waals surface area contributed by atoms with Crippen molar-refractivity contribution < 1.29 is 14.6 Å². The molecule has 3 heteroatoms. The number of rotatable bonds is 4. The van der Waals surface area contributed by atoms with E-state index in [9.17, 15) is 4.79 Å². The van der Waals surface area contributed by atoms with Crippen LogP contribution in [0.3, 0.4) is 0 Å². The van der Waals surface area contributed by atoms with Crippen LogP contribution in [0.4, 0.5) is 0 Å². The SMILES string of the molecule is COc1cccc(CC(=O)C(C)O)c1. The maximum atomic E-state index is 11.2. The number of methoxy groups -OCH3 is 1. The lowest BCUT2D eigenvalue weighted by Crippen LogP contribution is -2.18. The summed E-state index contributed by atoms with van der Waals surface area (Å²) in [7, 11) is 1.58. The zero-order valence-electron chi connectivity index (χ0n) is 8.36. The Kier molecular flexibility index (Phi) is 3.65. The number of ketones is 1.